The molecule has 0 bridgehead atoms. The molecule has 116 valence electrons. The number of benzene rings is 1. The minimum absolute atomic E-state index is 0.0537. The molecule has 2 amide bonds. The lowest BCUT2D eigenvalue weighted by atomic mass is 9.83. The maximum Gasteiger partial charge on any atom is 0.238 e. The molecule has 0 aliphatic heterocycles. The molecule has 0 heterocycles. The fraction of sp³-hybridized carbons (Fsp3) is 0.467. The predicted molar refractivity (Wildman–Crippen MR) is 80.1 cm³/mol. The van der Waals surface area contributed by atoms with Gasteiger partial charge in [-0.2, -0.15) is 0 Å². The molecule has 1 unspecified atom stereocenters. The zero-order valence-corrected chi connectivity index (χ0v) is 12.6. The lowest BCUT2D eigenvalue weighted by Crippen LogP contribution is -2.60. The second-order valence-corrected chi connectivity index (χ2v) is 5.26. The Balaban J connectivity index is 2.68. The Bertz CT molecular complexity index is 519. The van der Waals surface area contributed by atoms with Gasteiger partial charge in [0, 0.05) is 5.69 Å². The van der Waals surface area contributed by atoms with E-state index in [0.717, 1.165) is 0 Å². The van der Waals surface area contributed by atoms with Crippen LogP contribution in [-0.4, -0.2) is 23.9 Å². The average molecular weight is 295 g/mol. The van der Waals surface area contributed by atoms with Crippen LogP contribution in [0, 0.1) is 11.7 Å². The Morgan fingerprint density at radius 3 is 2.52 bits per heavy atom. The van der Waals surface area contributed by atoms with Gasteiger partial charge in [0.05, 0.1) is 6.54 Å². The maximum absolute atomic E-state index is 13.0. The van der Waals surface area contributed by atoms with Gasteiger partial charge >= 0.3 is 0 Å². The lowest BCUT2D eigenvalue weighted by molar-refractivity contribution is -0.126. The van der Waals surface area contributed by atoms with Gasteiger partial charge in [-0.05, 0) is 30.5 Å². The SMILES string of the molecule is CCC(NCC(=O)Nc1cccc(F)c1)(C(N)=O)C(C)C. The van der Waals surface area contributed by atoms with Gasteiger partial charge in [0.2, 0.25) is 11.8 Å². The van der Waals surface area contributed by atoms with Crippen molar-refractivity contribution in [1.29, 1.82) is 0 Å². The summed E-state index contributed by atoms with van der Waals surface area (Å²) in [6.07, 6.45) is 0.479. The minimum atomic E-state index is -0.931. The first-order valence-corrected chi connectivity index (χ1v) is 6.92. The van der Waals surface area contributed by atoms with Crippen molar-refractivity contribution in [3.63, 3.8) is 0 Å². The molecule has 0 aliphatic rings. The van der Waals surface area contributed by atoms with Crippen molar-refractivity contribution in [2.45, 2.75) is 32.7 Å². The molecule has 0 aliphatic carbocycles. The van der Waals surface area contributed by atoms with Crippen molar-refractivity contribution < 1.29 is 14.0 Å². The van der Waals surface area contributed by atoms with Crippen molar-refractivity contribution in [2.75, 3.05) is 11.9 Å². The molecule has 0 spiro atoms. The smallest absolute Gasteiger partial charge is 0.238 e. The summed E-state index contributed by atoms with van der Waals surface area (Å²) in [6.45, 7) is 5.49. The Kier molecular flexibility index (Phi) is 5.84. The van der Waals surface area contributed by atoms with Gasteiger partial charge < -0.3 is 11.1 Å². The summed E-state index contributed by atoms with van der Waals surface area (Å²) in [5.41, 5.74) is 4.90. The third kappa shape index (κ3) is 4.26. The van der Waals surface area contributed by atoms with Crippen molar-refractivity contribution >= 4 is 17.5 Å². The van der Waals surface area contributed by atoms with Gasteiger partial charge in [-0.1, -0.05) is 26.8 Å². The summed E-state index contributed by atoms with van der Waals surface area (Å²) >= 11 is 0. The number of carbonyl (C=O) groups excluding carboxylic acids is 2. The number of nitrogens with one attached hydrogen (secondary N) is 2. The van der Waals surface area contributed by atoms with E-state index in [9.17, 15) is 14.0 Å². The quantitative estimate of drug-likeness (QED) is 0.715. The van der Waals surface area contributed by atoms with Crippen LogP contribution in [-0.2, 0) is 9.59 Å². The van der Waals surface area contributed by atoms with Crippen LogP contribution in [0.1, 0.15) is 27.2 Å². The van der Waals surface area contributed by atoms with Crippen molar-refractivity contribution in [2.24, 2.45) is 11.7 Å². The van der Waals surface area contributed by atoms with Gasteiger partial charge in [-0.15, -0.1) is 0 Å². The summed E-state index contributed by atoms with van der Waals surface area (Å²) in [5.74, 6) is -1.33. The number of hydrogen-bond donors (Lipinski definition) is 3. The topological polar surface area (TPSA) is 84.2 Å². The molecule has 1 aromatic carbocycles. The Morgan fingerprint density at radius 1 is 1.38 bits per heavy atom. The number of nitrogens with two attached hydrogens (primary N) is 1. The monoisotopic (exact) mass is 295 g/mol. The third-order valence-corrected chi connectivity index (χ3v) is 3.66. The number of anilines is 1. The first kappa shape index (κ1) is 17.1. The predicted octanol–water partition coefficient (Wildman–Crippen LogP) is 1.64. The lowest BCUT2D eigenvalue weighted by Gasteiger charge is -2.34. The largest absolute Gasteiger partial charge is 0.368 e. The zero-order chi connectivity index (χ0) is 16.0. The average Bonchev–Trinajstić information content (AvgIpc) is 2.39. The summed E-state index contributed by atoms with van der Waals surface area (Å²) in [4.78, 5) is 23.6. The van der Waals surface area contributed by atoms with Crippen molar-refractivity contribution in [3.8, 4) is 0 Å². The Labute approximate surface area is 124 Å². The number of hydrogen-bond acceptors (Lipinski definition) is 3. The molecule has 1 rings (SSSR count). The Hall–Kier alpha value is -1.95. The van der Waals surface area contributed by atoms with Crippen LogP contribution in [0.15, 0.2) is 24.3 Å². The van der Waals surface area contributed by atoms with Gasteiger partial charge in [0.25, 0.3) is 0 Å². The second kappa shape index (κ2) is 7.17. The molecule has 0 aromatic heterocycles. The normalized spacial score (nSPS) is 13.8. The van der Waals surface area contributed by atoms with E-state index in [1.165, 1.54) is 18.2 Å². The van der Waals surface area contributed by atoms with Crippen molar-refractivity contribution in [1.82, 2.24) is 5.32 Å². The number of rotatable bonds is 7. The molecule has 1 atom stereocenters. The number of primary amides is 1. The second-order valence-electron chi connectivity index (χ2n) is 5.26. The molecule has 21 heavy (non-hydrogen) atoms. The van der Waals surface area contributed by atoms with Crippen LogP contribution in [0.2, 0.25) is 0 Å². The van der Waals surface area contributed by atoms with E-state index in [-0.39, 0.29) is 18.4 Å². The number of carbonyl (C=O) groups is 2. The summed E-state index contributed by atoms with van der Waals surface area (Å²) in [6, 6.07) is 5.61. The standard InChI is InChI=1S/C15H22FN3O2/c1-4-15(10(2)3,14(17)21)18-9-13(20)19-12-7-5-6-11(16)8-12/h5-8,10,18H,4,9H2,1-3H3,(H2,17,21)(H,19,20). The molecule has 0 saturated carbocycles. The highest BCUT2D eigenvalue weighted by atomic mass is 19.1. The van der Waals surface area contributed by atoms with E-state index < -0.39 is 17.3 Å². The molecule has 0 saturated heterocycles. The van der Waals surface area contributed by atoms with E-state index in [2.05, 4.69) is 10.6 Å². The third-order valence-electron chi connectivity index (χ3n) is 3.66. The molecular formula is C15H22FN3O2. The summed E-state index contributed by atoms with van der Waals surface area (Å²) in [7, 11) is 0. The number of amides is 2. The molecule has 6 heteroatoms. The highest BCUT2D eigenvalue weighted by Gasteiger charge is 2.37. The zero-order valence-electron chi connectivity index (χ0n) is 12.6. The minimum Gasteiger partial charge on any atom is -0.368 e. The molecule has 5 nitrogen and oxygen atoms in total. The van der Waals surface area contributed by atoms with Crippen LogP contribution in [0.4, 0.5) is 10.1 Å². The van der Waals surface area contributed by atoms with E-state index in [0.29, 0.717) is 12.1 Å². The molecule has 1 aromatic rings. The van der Waals surface area contributed by atoms with Crippen LogP contribution in [0.3, 0.4) is 0 Å². The van der Waals surface area contributed by atoms with Gasteiger partial charge in [-0.3, -0.25) is 14.9 Å². The highest BCUT2D eigenvalue weighted by Crippen LogP contribution is 2.20. The highest BCUT2D eigenvalue weighted by molar-refractivity contribution is 5.93. The van der Waals surface area contributed by atoms with Crippen LogP contribution in [0.5, 0.6) is 0 Å². The molecule has 4 N–H and O–H groups in total. The summed E-state index contributed by atoms with van der Waals surface area (Å²) < 4.78 is 13.0. The van der Waals surface area contributed by atoms with E-state index in [1.807, 2.05) is 20.8 Å². The molecule has 0 radical (unpaired) electrons. The van der Waals surface area contributed by atoms with E-state index in [4.69, 9.17) is 5.73 Å². The fourth-order valence-electron chi connectivity index (χ4n) is 2.29. The van der Waals surface area contributed by atoms with E-state index >= 15 is 0 Å². The first-order valence-electron chi connectivity index (χ1n) is 6.92. The Morgan fingerprint density at radius 2 is 2.05 bits per heavy atom. The molecule has 0 fully saturated rings. The maximum atomic E-state index is 13.0. The van der Waals surface area contributed by atoms with E-state index in [1.54, 1.807) is 6.07 Å². The van der Waals surface area contributed by atoms with Gasteiger partial charge in [-0.25, -0.2) is 4.39 Å². The van der Waals surface area contributed by atoms with Crippen LogP contribution < -0.4 is 16.4 Å². The van der Waals surface area contributed by atoms with Crippen molar-refractivity contribution in [3.05, 3.63) is 30.1 Å². The summed E-state index contributed by atoms with van der Waals surface area (Å²) in [5, 5.41) is 5.50. The molecular weight excluding hydrogens is 273 g/mol. The van der Waals surface area contributed by atoms with Crippen LogP contribution in [0.25, 0.3) is 0 Å². The fourth-order valence-corrected chi connectivity index (χ4v) is 2.29. The van der Waals surface area contributed by atoms with Gasteiger partial charge in [0.15, 0.2) is 0 Å². The first-order chi connectivity index (χ1) is 9.81. The van der Waals surface area contributed by atoms with Crippen LogP contribution >= 0.6 is 0 Å². The number of halogens is 1. The van der Waals surface area contributed by atoms with Gasteiger partial charge in [0.1, 0.15) is 11.4 Å².